The molecule has 0 spiro atoms. The predicted molar refractivity (Wildman–Crippen MR) is 82.7 cm³/mol. The fraction of sp³-hybridized carbons (Fsp3) is 0.375. The summed E-state index contributed by atoms with van der Waals surface area (Å²) in [7, 11) is 1.66. The molecule has 0 aliphatic heterocycles. The monoisotopic (exact) mass is 303 g/mol. The van der Waals surface area contributed by atoms with Gasteiger partial charge in [0.15, 0.2) is 0 Å². The van der Waals surface area contributed by atoms with Crippen LogP contribution in [0.4, 0.5) is 0 Å². The van der Waals surface area contributed by atoms with Crippen molar-refractivity contribution in [2.45, 2.75) is 31.9 Å². The van der Waals surface area contributed by atoms with Gasteiger partial charge < -0.3 is 20.1 Å². The van der Waals surface area contributed by atoms with Crippen molar-refractivity contribution in [3.63, 3.8) is 0 Å². The molecule has 1 aromatic heterocycles. The average molecular weight is 303 g/mol. The molecule has 1 aromatic carbocycles. The van der Waals surface area contributed by atoms with Crippen LogP contribution in [0.25, 0.3) is 0 Å². The number of aromatic nitrogens is 2. The molecule has 2 aromatic rings. The van der Waals surface area contributed by atoms with Crippen molar-refractivity contribution in [1.29, 1.82) is 0 Å². The fourth-order valence-corrected chi connectivity index (χ4v) is 2.36. The van der Waals surface area contributed by atoms with Crippen LogP contribution < -0.4 is 10.5 Å². The number of nitrogens with two attached hydrogens (primary N) is 1. The number of aliphatic hydroxyl groups excluding tert-OH is 1. The van der Waals surface area contributed by atoms with Crippen LogP contribution in [-0.2, 0) is 13.0 Å². The van der Waals surface area contributed by atoms with Gasteiger partial charge in [0, 0.05) is 12.7 Å². The van der Waals surface area contributed by atoms with Gasteiger partial charge in [-0.2, -0.15) is 0 Å². The number of carbonyl (C=O) groups excluding carboxylic acids is 1. The second-order valence-corrected chi connectivity index (χ2v) is 5.18. The zero-order valence-corrected chi connectivity index (χ0v) is 12.6. The zero-order chi connectivity index (χ0) is 15.9. The maximum Gasteiger partial charge on any atom is 0.268 e. The zero-order valence-electron chi connectivity index (χ0n) is 12.6. The molecule has 2 rings (SSSR count). The highest BCUT2D eigenvalue weighted by atomic mass is 16.5. The van der Waals surface area contributed by atoms with Gasteiger partial charge in [-0.05, 0) is 30.9 Å². The van der Waals surface area contributed by atoms with Gasteiger partial charge in [0.05, 0.1) is 19.5 Å². The van der Waals surface area contributed by atoms with Crippen LogP contribution in [0.1, 0.15) is 28.9 Å². The second-order valence-electron chi connectivity index (χ2n) is 5.18. The van der Waals surface area contributed by atoms with Crippen LogP contribution in [0, 0.1) is 0 Å². The summed E-state index contributed by atoms with van der Waals surface area (Å²) < 4.78 is 6.98. The number of rotatable bonds is 8. The highest BCUT2D eigenvalue weighted by Gasteiger charge is 2.09. The van der Waals surface area contributed by atoms with Crippen molar-refractivity contribution in [3.05, 3.63) is 48.0 Å². The normalized spacial score (nSPS) is 12.1. The smallest absolute Gasteiger partial charge is 0.268 e. The topological polar surface area (TPSA) is 90.4 Å². The summed E-state index contributed by atoms with van der Waals surface area (Å²) in [5.41, 5.74) is 6.49. The molecular weight excluding hydrogens is 282 g/mol. The number of aliphatic hydroxyl groups is 1. The van der Waals surface area contributed by atoms with E-state index in [9.17, 15) is 9.90 Å². The van der Waals surface area contributed by atoms with E-state index in [2.05, 4.69) is 4.98 Å². The highest BCUT2D eigenvalue weighted by Crippen LogP contribution is 2.19. The lowest BCUT2D eigenvalue weighted by Gasteiger charge is -2.12. The first kappa shape index (κ1) is 16.0. The number of amides is 1. The lowest BCUT2D eigenvalue weighted by Crippen LogP contribution is -2.15. The second kappa shape index (κ2) is 7.61. The number of imidazole rings is 1. The Labute approximate surface area is 129 Å². The molecule has 0 aliphatic carbocycles. The Balaban J connectivity index is 1.80. The summed E-state index contributed by atoms with van der Waals surface area (Å²) in [6, 6.07) is 7.88. The van der Waals surface area contributed by atoms with Gasteiger partial charge in [0.25, 0.3) is 5.91 Å². The van der Waals surface area contributed by atoms with Crippen molar-refractivity contribution >= 4 is 5.91 Å². The van der Waals surface area contributed by atoms with Gasteiger partial charge in [-0.25, -0.2) is 4.98 Å². The standard InChI is InChI=1S/C16H21N3O3/c1-22-15-8-3-2-5-12(15)6-4-7-13(20)9-19-10-14(16(17)21)18-11-19/h2-3,5,8,10-11,13,20H,4,6-7,9H2,1H3,(H2,17,21). The third kappa shape index (κ3) is 4.33. The van der Waals surface area contributed by atoms with Crippen LogP contribution in [-0.4, -0.2) is 33.8 Å². The van der Waals surface area contributed by atoms with Crippen LogP contribution in [0.5, 0.6) is 5.75 Å². The highest BCUT2D eigenvalue weighted by molar-refractivity contribution is 5.90. The van der Waals surface area contributed by atoms with Crippen LogP contribution in [0.15, 0.2) is 36.8 Å². The summed E-state index contributed by atoms with van der Waals surface area (Å²) in [5, 5.41) is 10.1. The predicted octanol–water partition coefficient (Wildman–Crippen LogP) is 1.37. The molecule has 0 saturated heterocycles. The number of benzene rings is 1. The van der Waals surface area contributed by atoms with E-state index in [0.717, 1.165) is 24.2 Å². The summed E-state index contributed by atoms with van der Waals surface area (Å²) >= 11 is 0. The number of aryl methyl sites for hydroxylation is 1. The number of methoxy groups -OCH3 is 1. The first-order valence-electron chi connectivity index (χ1n) is 7.21. The summed E-state index contributed by atoms with van der Waals surface area (Å²) in [6.45, 7) is 0.395. The van der Waals surface area contributed by atoms with Gasteiger partial charge in [0.1, 0.15) is 11.4 Å². The van der Waals surface area contributed by atoms with Crippen molar-refractivity contribution in [3.8, 4) is 5.75 Å². The minimum absolute atomic E-state index is 0.209. The fourth-order valence-electron chi connectivity index (χ4n) is 2.36. The van der Waals surface area contributed by atoms with E-state index in [1.54, 1.807) is 17.9 Å². The largest absolute Gasteiger partial charge is 0.496 e. The number of hydrogen-bond donors (Lipinski definition) is 2. The number of carbonyl (C=O) groups is 1. The Bertz CT molecular complexity index is 625. The third-order valence-electron chi connectivity index (χ3n) is 3.48. The first-order valence-corrected chi connectivity index (χ1v) is 7.21. The quantitative estimate of drug-likeness (QED) is 0.770. The molecule has 118 valence electrons. The number of primary amides is 1. The summed E-state index contributed by atoms with van der Waals surface area (Å²) in [6.07, 6.45) is 4.90. The molecule has 0 radical (unpaired) electrons. The molecule has 6 nitrogen and oxygen atoms in total. The van der Waals surface area contributed by atoms with Gasteiger partial charge in [-0.15, -0.1) is 0 Å². The van der Waals surface area contributed by atoms with Gasteiger partial charge >= 0.3 is 0 Å². The van der Waals surface area contributed by atoms with Crippen LogP contribution in [0.2, 0.25) is 0 Å². The Hall–Kier alpha value is -2.34. The Morgan fingerprint density at radius 3 is 2.91 bits per heavy atom. The lowest BCUT2D eigenvalue weighted by molar-refractivity contribution is 0.0995. The molecule has 1 unspecified atom stereocenters. The van der Waals surface area contributed by atoms with E-state index in [1.165, 1.54) is 6.33 Å². The Morgan fingerprint density at radius 2 is 2.23 bits per heavy atom. The lowest BCUT2D eigenvalue weighted by atomic mass is 10.0. The third-order valence-corrected chi connectivity index (χ3v) is 3.48. The van der Waals surface area contributed by atoms with E-state index in [-0.39, 0.29) is 5.69 Å². The van der Waals surface area contributed by atoms with Crippen molar-refractivity contribution in [2.24, 2.45) is 5.73 Å². The molecule has 3 N–H and O–H groups in total. The van der Waals surface area contributed by atoms with Crippen molar-refractivity contribution in [1.82, 2.24) is 9.55 Å². The van der Waals surface area contributed by atoms with Crippen molar-refractivity contribution in [2.75, 3.05) is 7.11 Å². The minimum atomic E-state index is -0.565. The van der Waals surface area contributed by atoms with Crippen LogP contribution in [0.3, 0.4) is 0 Å². The molecule has 0 saturated carbocycles. The molecule has 22 heavy (non-hydrogen) atoms. The number of nitrogens with zero attached hydrogens (tertiary/aromatic N) is 2. The van der Waals surface area contributed by atoms with E-state index in [1.807, 2.05) is 24.3 Å². The molecular formula is C16H21N3O3. The van der Waals surface area contributed by atoms with Gasteiger partial charge in [-0.1, -0.05) is 18.2 Å². The average Bonchev–Trinajstić information content (AvgIpc) is 2.96. The van der Waals surface area contributed by atoms with Crippen molar-refractivity contribution < 1.29 is 14.6 Å². The van der Waals surface area contributed by atoms with Crippen LogP contribution >= 0.6 is 0 Å². The van der Waals surface area contributed by atoms with E-state index in [0.29, 0.717) is 13.0 Å². The number of para-hydroxylation sites is 1. The molecule has 0 bridgehead atoms. The van der Waals surface area contributed by atoms with E-state index >= 15 is 0 Å². The molecule has 0 aliphatic rings. The Kier molecular flexibility index (Phi) is 5.55. The minimum Gasteiger partial charge on any atom is -0.496 e. The molecule has 1 atom stereocenters. The molecule has 6 heteroatoms. The van der Waals surface area contributed by atoms with Gasteiger partial charge in [0.2, 0.25) is 0 Å². The van der Waals surface area contributed by atoms with E-state index in [4.69, 9.17) is 10.5 Å². The number of ether oxygens (including phenoxy) is 1. The molecule has 1 heterocycles. The summed E-state index contributed by atoms with van der Waals surface area (Å²) in [4.78, 5) is 14.8. The summed E-state index contributed by atoms with van der Waals surface area (Å²) in [5.74, 6) is 0.308. The maximum atomic E-state index is 11.0. The number of hydrogen-bond acceptors (Lipinski definition) is 4. The van der Waals surface area contributed by atoms with Gasteiger partial charge in [-0.3, -0.25) is 4.79 Å². The van der Waals surface area contributed by atoms with E-state index < -0.39 is 12.0 Å². The molecule has 0 fully saturated rings. The SMILES string of the molecule is COc1ccccc1CCCC(O)Cn1cnc(C(N)=O)c1. The Morgan fingerprint density at radius 1 is 1.45 bits per heavy atom. The first-order chi connectivity index (χ1) is 10.6. The maximum absolute atomic E-state index is 11.0. The molecule has 1 amide bonds.